The number of aromatic nitrogens is 2. The fourth-order valence-corrected chi connectivity index (χ4v) is 3.48. The lowest BCUT2D eigenvalue weighted by Crippen LogP contribution is -2.38. The summed E-state index contributed by atoms with van der Waals surface area (Å²) in [5.41, 5.74) is 2.61. The minimum absolute atomic E-state index is 0.0448. The molecule has 3 aromatic rings. The van der Waals surface area contributed by atoms with Gasteiger partial charge in [0.1, 0.15) is 0 Å². The molecule has 0 saturated heterocycles. The van der Waals surface area contributed by atoms with Gasteiger partial charge in [-0.25, -0.2) is 9.78 Å². The highest BCUT2D eigenvalue weighted by Crippen LogP contribution is 2.32. The molecule has 2 N–H and O–H groups in total. The molecular weight excluding hydrogens is 384 g/mol. The summed E-state index contributed by atoms with van der Waals surface area (Å²) < 4.78 is 1.91. The van der Waals surface area contributed by atoms with Crippen LogP contribution in [0.3, 0.4) is 0 Å². The molecule has 0 aliphatic rings. The standard InChI is InChI=1S/C19H17ClN4O2S/c1-21-18(26)23-17(25)12-27-19-22-11-16(13-7-3-2-4-8-13)24(19)15-10-6-5-9-14(15)20/h2-11H,12H2,1H3,(H2,21,23,25,26). The van der Waals surface area contributed by atoms with Crippen molar-refractivity contribution in [3.05, 3.63) is 65.8 Å². The number of benzene rings is 2. The molecule has 27 heavy (non-hydrogen) atoms. The average Bonchev–Trinajstić information content (AvgIpc) is 3.11. The first kappa shape index (κ1) is 19.0. The normalized spacial score (nSPS) is 10.4. The molecule has 0 atom stereocenters. The summed E-state index contributed by atoms with van der Waals surface area (Å²) in [5, 5.41) is 5.76. The fourth-order valence-electron chi connectivity index (χ4n) is 2.47. The predicted octanol–water partition coefficient (Wildman–Crippen LogP) is 3.74. The van der Waals surface area contributed by atoms with E-state index in [9.17, 15) is 9.59 Å². The van der Waals surface area contributed by atoms with Crippen LogP contribution in [0.2, 0.25) is 5.02 Å². The van der Waals surface area contributed by atoms with E-state index in [2.05, 4.69) is 15.6 Å². The monoisotopic (exact) mass is 400 g/mol. The minimum Gasteiger partial charge on any atom is -0.341 e. The summed E-state index contributed by atoms with van der Waals surface area (Å²) in [7, 11) is 1.45. The van der Waals surface area contributed by atoms with E-state index < -0.39 is 11.9 Å². The number of hydrogen-bond acceptors (Lipinski definition) is 4. The summed E-state index contributed by atoms with van der Waals surface area (Å²) >= 11 is 7.64. The second kappa shape index (κ2) is 8.75. The van der Waals surface area contributed by atoms with Gasteiger partial charge in [0.25, 0.3) is 0 Å². The Morgan fingerprint density at radius 2 is 1.81 bits per heavy atom. The Balaban J connectivity index is 1.95. The molecule has 0 saturated carbocycles. The summed E-state index contributed by atoms with van der Waals surface area (Å²) in [6, 6.07) is 16.7. The molecule has 8 heteroatoms. The van der Waals surface area contributed by atoms with Crippen molar-refractivity contribution in [3.63, 3.8) is 0 Å². The number of urea groups is 1. The van der Waals surface area contributed by atoms with Crippen molar-refractivity contribution >= 4 is 35.3 Å². The number of nitrogens with one attached hydrogen (secondary N) is 2. The van der Waals surface area contributed by atoms with Crippen molar-refractivity contribution in [1.29, 1.82) is 0 Å². The van der Waals surface area contributed by atoms with Gasteiger partial charge in [-0.3, -0.25) is 14.7 Å². The van der Waals surface area contributed by atoms with Crippen LogP contribution in [-0.4, -0.2) is 34.3 Å². The van der Waals surface area contributed by atoms with E-state index in [-0.39, 0.29) is 5.75 Å². The van der Waals surface area contributed by atoms with Gasteiger partial charge in [-0.2, -0.15) is 0 Å². The maximum atomic E-state index is 11.9. The van der Waals surface area contributed by atoms with Gasteiger partial charge in [0, 0.05) is 12.6 Å². The number of amides is 3. The van der Waals surface area contributed by atoms with Gasteiger partial charge in [0.05, 0.1) is 28.4 Å². The Kier molecular flexibility index (Phi) is 6.16. The molecular formula is C19H17ClN4O2S. The fraction of sp³-hybridized carbons (Fsp3) is 0.105. The van der Waals surface area contributed by atoms with Crippen molar-refractivity contribution in [2.24, 2.45) is 0 Å². The van der Waals surface area contributed by atoms with Crippen molar-refractivity contribution in [3.8, 4) is 16.9 Å². The molecule has 3 amide bonds. The molecule has 1 aromatic heterocycles. The van der Waals surface area contributed by atoms with Crippen LogP contribution in [0, 0.1) is 0 Å². The van der Waals surface area contributed by atoms with Gasteiger partial charge in [-0.15, -0.1) is 0 Å². The van der Waals surface area contributed by atoms with Gasteiger partial charge in [-0.1, -0.05) is 65.8 Å². The lowest BCUT2D eigenvalue weighted by Gasteiger charge is -2.13. The van der Waals surface area contributed by atoms with Crippen molar-refractivity contribution in [2.45, 2.75) is 5.16 Å². The van der Waals surface area contributed by atoms with E-state index in [1.807, 2.05) is 53.1 Å². The van der Waals surface area contributed by atoms with Crippen molar-refractivity contribution in [1.82, 2.24) is 20.2 Å². The number of thioether (sulfide) groups is 1. The molecule has 0 spiro atoms. The van der Waals surface area contributed by atoms with Crippen LogP contribution in [0.1, 0.15) is 0 Å². The minimum atomic E-state index is -0.542. The quantitative estimate of drug-likeness (QED) is 0.639. The highest BCUT2D eigenvalue weighted by Gasteiger charge is 2.17. The van der Waals surface area contributed by atoms with Crippen LogP contribution in [0.25, 0.3) is 16.9 Å². The van der Waals surface area contributed by atoms with Crippen LogP contribution in [-0.2, 0) is 4.79 Å². The van der Waals surface area contributed by atoms with Gasteiger partial charge in [0.2, 0.25) is 5.91 Å². The maximum Gasteiger partial charge on any atom is 0.321 e. The average molecular weight is 401 g/mol. The van der Waals surface area contributed by atoms with Crippen molar-refractivity contribution < 1.29 is 9.59 Å². The Labute approximate surface area is 165 Å². The second-order valence-electron chi connectivity index (χ2n) is 5.49. The van der Waals surface area contributed by atoms with Crippen LogP contribution in [0.5, 0.6) is 0 Å². The molecule has 3 rings (SSSR count). The largest absolute Gasteiger partial charge is 0.341 e. The van der Waals surface area contributed by atoms with Crippen LogP contribution >= 0.6 is 23.4 Å². The molecule has 2 aromatic carbocycles. The summed E-state index contributed by atoms with van der Waals surface area (Å²) in [5.74, 6) is -0.363. The molecule has 0 radical (unpaired) electrons. The SMILES string of the molecule is CNC(=O)NC(=O)CSc1ncc(-c2ccccc2)n1-c1ccccc1Cl. The number of nitrogens with zero attached hydrogens (tertiary/aromatic N) is 2. The topological polar surface area (TPSA) is 76.0 Å². The highest BCUT2D eigenvalue weighted by atomic mass is 35.5. The van der Waals surface area contributed by atoms with Crippen LogP contribution < -0.4 is 10.6 Å². The van der Waals surface area contributed by atoms with Gasteiger partial charge in [0.15, 0.2) is 5.16 Å². The molecule has 6 nitrogen and oxygen atoms in total. The zero-order valence-electron chi connectivity index (χ0n) is 14.5. The lowest BCUT2D eigenvalue weighted by atomic mass is 10.1. The Morgan fingerprint density at radius 3 is 2.52 bits per heavy atom. The van der Waals surface area contributed by atoms with E-state index in [0.717, 1.165) is 16.9 Å². The predicted molar refractivity (Wildman–Crippen MR) is 107 cm³/mol. The third kappa shape index (κ3) is 4.50. The third-order valence-electron chi connectivity index (χ3n) is 3.70. The van der Waals surface area contributed by atoms with E-state index in [4.69, 9.17) is 11.6 Å². The lowest BCUT2D eigenvalue weighted by molar-refractivity contribution is -0.117. The van der Waals surface area contributed by atoms with E-state index in [0.29, 0.717) is 10.2 Å². The maximum absolute atomic E-state index is 11.9. The van der Waals surface area contributed by atoms with Crippen LogP contribution in [0.15, 0.2) is 66.0 Å². The van der Waals surface area contributed by atoms with E-state index in [1.165, 1.54) is 18.8 Å². The van der Waals surface area contributed by atoms with E-state index >= 15 is 0 Å². The second-order valence-corrected chi connectivity index (χ2v) is 6.84. The zero-order valence-corrected chi connectivity index (χ0v) is 16.1. The van der Waals surface area contributed by atoms with Gasteiger partial charge >= 0.3 is 6.03 Å². The first-order valence-corrected chi connectivity index (χ1v) is 9.49. The highest BCUT2D eigenvalue weighted by molar-refractivity contribution is 7.99. The molecule has 0 aliphatic carbocycles. The molecule has 1 heterocycles. The summed E-state index contributed by atoms with van der Waals surface area (Å²) in [6.07, 6.45) is 1.75. The number of halogens is 1. The number of para-hydroxylation sites is 1. The summed E-state index contributed by atoms with van der Waals surface area (Å²) in [6.45, 7) is 0. The number of imide groups is 1. The summed E-state index contributed by atoms with van der Waals surface area (Å²) in [4.78, 5) is 27.7. The smallest absolute Gasteiger partial charge is 0.321 e. The molecule has 0 fully saturated rings. The number of imidazole rings is 1. The molecule has 0 aliphatic heterocycles. The number of carbonyl (C=O) groups is 2. The van der Waals surface area contributed by atoms with Crippen LogP contribution in [0.4, 0.5) is 4.79 Å². The number of hydrogen-bond donors (Lipinski definition) is 2. The molecule has 0 bridgehead atoms. The Morgan fingerprint density at radius 1 is 1.11 bits per heavy atom. The Hall–Kier alpha value is -2.77. The third-order valence-corrected chi connectivity index (χ3v) is 4.98. The number of rotatable bonds is 5. The van der Waals surface area contributed by atoms with E-state index in [1.54, 1.807) is 12.3 Å². The first-order valence-electron chi connectivity index (χ1n) is 8.12. The van der Waals surface area contributed by atoms with Crippen molar-refractivity contribution in [2.75, 3.05) is 12.8 Å². The van der Waals surface area contributed by atoms with Gasteiger partial charge in [-0.05, 0) is 12.1 Å². The van der Waals surface area contributed by atoms with Gasteiger partial charge < -0.3 is 5.32 Å². The zero-order chi connectivity index (χ0) is 19.2. The number of carbonyl (C=O) groups excluding carboxylic acids is 2. The molecule has 138 valence electrons. The molecule has 0 unspecified atom stereocenters. The Bertz CT molecular complexity index is 959. The first-order chi connectivity index (χ1) is 13.1.